The summed E-state index contributed by atoms with van der Waals surface area (Å²) in [5.74, 6) is -1.25. The summed E-state index contributed by atoms with van der Waals surface area (Å²) in [6, 6.07) is 8.11. The van der Waals surface area contributed by atoms with Crippen LogP contribution >= 0.6 is 0 Å². The molecule has 2 aliphatic rings. The minimum atomic E-state index is -1.04. The molecule has 1 saturated heterocycles. The van der Waals surface area contributed by atoms with Crippen molar-refractivity contribution in [2.75, 3.05) is 13.1 Å². The van der Waals surface area contributed by atoms with Gasteiger partial charge >= 0.3 is 5.97 Å². The maximum atomic E-state index is 13.3. The molecule has 7 heteroatoms. The van der Waals surface area contributed by atoms with Crippen molar-refractivity contribution in [2.45, 2.75) is 51.7 Å². The van der Waals surface area contributed by atoms with Gasteiger partial charge in [0.2, 0.25) is 0 Å². The maximum Gasteiger partial charge on any atom is 0.334 e. The highest BCUT2D eigenvalue weighted by molar-refractivity contribution is 5.94. The van der Waals surface area contributed by atoms with Gasteiger partial charge in [0.25, 0.3) is 5.91 Å². The molecule has 1 aromatic heterocycles. The number of hydrogen-bond donors (Lipinski definition) is 1. The lowest BCUT2D eigenvalue weighted by Crippen LogP contribution is -2.52. The Bertz CT molecular complexity index is 903. The number of carbonyl (C=O) groups is 2. The normalized spacial score (nSPS) is 22.0. The first-order valence-electron chi connectivity index (χ1n) is 9.79. The summed E-state index contributed by atoms with van der Waals surface area (Å²) in [6.07, 6.45) is 2.50. The molecule has 1 fully saturated rings. The number of carboxylic acid groups (broad SMARTS) is 1. The topological polar surface area (TPSA) is 84.7 Å². The minimum Gasteiger partial charge on any atom is -0.479 e. The number of benzene rings is 1. The van der Waals surface area contributed by atoms with Crippen LogP contribution in [-0.2, 0) is 22.4 Å². The van der Waals surface area contributed by atoms with Crippen molar-refractivity contribution < 1.29 is 19.4 Å². The van der Waals surface area contributed by atoms with E-state index < -0.39 is 12.1 Å². The van der Waals surface area contributed by atoms with Gasteiger partial charge in [-0.05, 0) is 51.7 Å². The number of aliphatic carboxylic acids is 1. The molecule has 1 amide bonds. The van der Waals surface area contributed by atoms with Crippen molar-refractivity contribution in [3.05, 3.63) is 46.8 Å². The maximum absolute atomic E-state index is 13.3. The molecule has 0 radical (unpaired) electrons. The zero-order valence-electron chi connectivity index (χ0n) is 16.2. The van der Waals surface area contributed by atoms with Crippen molar-refractivity contribution in [1.82, 2.24) is 14.7 Å². The van der Waals surface area contributed by atoms with Crippen LogP contribution in [-0.4, -0.2) is 57.0 Å². The molecule has 2 aromatic rings. The Labute approximate surface area is 163 Å². The summed E-state index contributed by atoms with van der Waals surface area (Å²) in [7, 11) is 0. The van der Waals surface area contributed by atoms with Gasteiger partial charge in [0.1, 0.15) is 0 Å². The number of amides is 1. The number of hydrogen-bond acceptors (Lipinski definition) is 4. The van der Waals surface area contributed by atoms with Crippen molar-refractivity contribution in [3.63, 3.8) is 0 Å². The zero-order chi connectivity index (χ0) is 19.8. The van der Waals surface area contributed by atoms with E-state index in [-0.39, 0.29) is 18.6 Å². The van der Waals surface area contributed by atoms with E-state index in [2.05, 4.69) is 0 Å². The molecular weight excluding hydrogens is 358 g/mol. The van der Waals surface area contributed by atoms with E-state index in [1.54, 1.807) is 11.8 Å². The van der Waals surface area contributed by atoms with Gasteiger partial charge in [-0.1, -0.05) is 17.7 Å². The van der Waals surface area contributed by atoms with Gasteiger partial charge in [-0.15, -0.1) is 0 Å². The Morgan fingerprint density at radius 1 is 1.14 bits per heavy atom. The fourth-order valence-electron chi connectivity index (χ4n) is 4.07. The average Bonchev–Trinajstić information content (AvgIpc) is 3.07. The summed E-state index contributed by atoms with van der Waals surface area (Å²) in [5.41, 5.74) is 4.66. The van der Waals surface area contributed by atoms with E-state index in [1.807, 2.05) is 35.9 Å². The van der Waals surface area contributed by atoms with Crippen molar-refractivity contribution in [3.8, 4) is 5.69 Å². The predicted octanol–water partition coefficient (Wildman–Crippen LogP) is 2.37. The number of carboxylic acids is 1. The van der Waals surface area contributed by atoms with E-state index in [4.69, 9.17) is 9.84 Å². The van der Waals surface area contributed by atoms with Crippen LogP contribution in [0.25, 0.3) is 5.69 Å². The van der Waals surface area contributed by atoms with E-state index in [0.29, 0.717) is 12.2 Å². The van der Waals surface area contributed by atoms with Crippen LogP contribution < -0.4 is 0 Å². The summed E-state index contributed by atoms with van der Waals surface area (Å²) in [5, 5.41) is 14.0. The molecule has 1 aromatic carbocycles. The summed E-state index contributed by atoms with van der Waals surface area (Å²) < 4.78 is 7.33. The van der Waals surface area contributed by atoms with Gasteiger partial charge in [0.05, 0.1) is 18.3 Å². The second kappa shape index (κ2) is 7.39. The third kappa shape index (κ3) is 3.42. The number of morpholine rings is 1. The molecule has 0 saturated carbocycles. The second-order valence-electron chi connectivity index (χ2n) is 7.71. The summed E-state index contributed by atoms with van der Waals surface area (Å²) >= 11 is 0. The van der Waals surface area contributed by atoms with Gasteiger partial charge in [0.15, 0.2) is 11.8 Å². The molecule has 0 bridgehead atoms. The highest BCUT2D eigenvalue weighted by Gasteiger charge is 2.36. The largest absolute Gasteiger partial charge is 0.479 e. The second-order valence-corrected chi connectivity index (χ2v) is 7.71. The Hall–Kier alpha value is -2.67. The number of carbonyl (C=O) groups excluding carboxylic acids is 1. The molecule has 7 nitrogen and oxygen atoms in total. The highest BCUT2D eigenvalue weighted by Crippen LogP contribution is 2.28. The number of fused-ring (bicyclic) bond motifs is 1. The van der Waals surface area contributed by atoms with E-state index in [9.17, 15) is 14.7 Å². The van der Waals surface area contributed by atoms with Crippen molar-refractivity contribution >= 4 is 11.9 Å². The lowest BCUT2D eigenvalue weighted by Gasteiger charge is -2.34. The monoisotopic (exact) mass is 383 g/mol. The first-order chi connectivity index (χ1) is 13.4. The fourth-order valence-corrected chi connectivity index (χ4v) is 4.07. The molecule has 0 spiro atoms. The lowest BCUT2D eigenvalue weighted by molar-refractivity contribution is -0.160. The van der Waals surface area contributed by atoms with Crippen LogP contribution in [0.3, 0.4) is 0 Å². The Kier molecular flexibility index (Phi) is 4.93. The van der Waals surface area contributed by atoms with Crippen LogP contribution in [0.5, 0.6) is 0 Å². The van der Waals surface area contributed by atoms with Crippen LogP contribution in [0.2, 0.25) is 0 Å². The number of ether oxygens (including phenoxy) is 1. The van der Waals surface area contributed by atoms with Crippen LogP contribution in [0, 0.1) is 6.92 Å². The van der Waals surface area contributed by atoms with Gasteiger partial charge in [-0.25, -0.2) is 9.48 Å². The van der Waals surface area contributed by atoms with E-state index in [1.165, 1.54) is 5.56 Å². The molecule has 1 unspecified atom stereocenters. The summed E-state index contributed by atoms with van der Waals surface area (Å²) in [4.78, 5) is 26.2. The highest BCUT2D eigenvalue weighted by atomic mass is 16.5. The SMILES string of the molecule is Cc1ccc(-n2nc(C(=O)N3CC(C(=O)O)O[C@H](C)C3)c3c2CCCC3)cc1. The van der Waals surface area contributed by atoms with Gasteiger partial charge in [-0.2, -0.15) is 5.10 Å². The Morgan fingerprint density at radius 2 is 1.86 bits per heavy atom. The number of rotatable bonds is 3. The Morgan fingerprint density at radius 3 is 2.57 bits per heavy atom. The Balaban J connectivity index is 1.70. The van der Waals surface area contributed by atoms with Crippen LogP contribution in [0.4, 0.5) is 0 Å². The molecule has 1 aliphatic heterocycles. The number of aromatic nitrogens is 2. The van der Waals surface area contributed by atoms with Gasteiger partial charge < -0.3 is 14.7 Å². The summed E-state index contributed by atoms with van der Waals surface area (Å²) in [6.45, 7) is 4.24. The third-order valence-electron chi connectivity index (χ3n) is 5.48. The first kappa shape index (κ1) is 18.7. The fraction of sp³-hybridized carbons (Fsp3) is 0.476. The molecule has 148 valence electrons. The van der Waals surface area contributed by atoms with Gasteiger partial charge in [0, 0.05) is 17.8 Å². The third-order valence-corrected chi connectivity index (χ3v) is 5.48. The van der Waals surface area contributed by atoms with Crippen molar-refractivity contribution in [2.24, 2.45) is 0 Å². The molecule has 28 heavy (non-hydrogen) atoms. The van der Waals surface area contributed by atoms with E-state index in [0.717, 1.165) is 42.6 Å². The molecule has 1 aliphatic carbocycles. The molecule has 1 N–H and O–H groups in total. The van der Waals surface area contributed by atoms with Crippen molar-refractivity contribution in [1.29, 1.82) is 0 Å². The quantitative estimate of drug-likeness (QED) is 0.880. The van der Waals surface area contributed by atoms with Crippen LogP contribution in [0.1, 0.15) is 47.1 Å². The van der Waals surface area contributed by atoms with E-state index >= 15 is 0 Å². The molecule has 4 rings (SSSR count). The molecular formula is C21H25N3O4. The minimum absolute atomic E-state index is 0.0463. The predicted molar refractivity (Wildman–Crippen MR) is 103 cm³/mol. The first-order valence-corrected chi connectivity index (χ1v) is 9.79. The smallest absolute Gasteiger partial charge is 0.334 e. The zero-order valence-corrected chi connectivity index (χ0v) is 16.2. The number of aryl methyl sites for hydroxylation is 1. The average molecular weight is 383 g/mol. The van der Waals surface area contributed by atoms with Crippen LogP contribution in [0.15, 0.2) is 24.3 Å². The molecule has 2 heterocycles. The van der Waals surface area contributed by atoms with Gasteiger partial charge in [-0.3, -0.25) is 4.79 Å². The molecule has 2 atom stereocenters. The lowest BCUT2D eigenvalue weighted by atomic mass is 9.95. The standard InChI is InChI=1S/C21H25N3O4/c1-13-7-9-15(10-8-13)24-17-6-4-3-5-16(17)19(22-24)20(25)23-11-14(2)28-18(12-23)21(26)27/h7-10,14,18H,3-6,11-12H2,1-2H3,(H,26,27)/t14-,18?/m1/s1. The number of nitrogens with zero attached hydrogens (tertiary/aromatic N) is 3.